The molecule has 0 fully saturated rings. The zero-order valence-electron chi connectivity index (χ0n) is 10.3. The number of carbonyl (C=O) groups is 1. The maximum Gasteiger partial charge on any atom is 0.307 e. The number of rotatable bonds is 3. The summed E-state index contributed by atoms with van der Waals surface area (Å²) in [5, 5.41) is 12.8. The van der Waals surface area contributed by atoms with E-state index in [1.807, 2.05) is 22.6 Å². The smallest absolute Gasteiger partial charge is 0.307 e. The molecular formula is C13H7F2IN2O3. The molecule has 0 heterocycles. The van der Waals surface area contributed by atoms with Gasteiger partial charge in [-0.25, -0.2) is 4.39 Å². The van der Waals surface area contributed by atoms with Crippen molar-refractivity contribution in [3.63, 3.8) is 0 Å². The fraction of sp³-hybridized carbons (Fsp3) is 0. The first kappa shape index (κ1) is 15.3. The quantitative estimate of drug-likeness (QED) is 0.482. The minimum atomic E-state index is -1.30. The number of nitro groups is 1. The third-order valence-electron chi connectivity index (χ3n) is 2.60. The molecular weight excluding hydrogens is 397 g/mol. The van der Waals surface area contributed by atoms with Gasteiger partial charge in [0.1, 0.15) is 5.82 Å². The summed E-state index contributed by atoms with van der Waals surface area (Å²) in [5.41, 5.74) is -1.08. The third kappa shape index (κ3) is 3.32. The van der Waals surface area contributed by atoms with E-state index in [1.165, 1.54) is 6.07 Å². The van der Waals surface area contributed by atoms with Gasteiger partial charge in [0.15, 0.2) is 0 Å². The van der Waals surface area contributed by atoms with Crippen LogP contribution in [0.2, 0.25) is 0 Å². The molecule has 0 aliphatic rings. The zero-order valence-corrected chi connectivity index (χ0v) is 12.4. The molecule has 2 rings (SSSR count). The standard InChI is InChI=1S/C13H7F2IN2O3/c14-8-5-9(15)12(18(20)21)6-11(8)17-13(19)7-3-1-2-4-10(7)16/h1-6H,(H,17,19). The molecule has 8 heteroatoms. The molecule has 0 aliphatic heterocycles. The highest BCUT2D eigenvalue weighted by molar-refractivity contribution is 14.1. The summed E-state index contributed by atoms with van der Waals surface area (Å²) in [6.07, 6.45) is 0. The van der Waals surface area contributed by atoms with Crippen LogP contribution in [0.3, 0.4) is 0 Å². The first-order valence-corrected chi connectivity index (χ1v) is 6.67. The van der Waals surface area contributed by atoms with Crippen LogP contribution in [-0.4, -0.2) is 10.8 Å². The van der Waals surface area contributed by atoms with Crippen molar-refractivity contribution in [1.29, 1.82) is 0 Å². The summed E-state index contributed by atoms with van der Waals surface area (Å²) in [6, 6.07) is 7.57. The lowest BCUT2D eigenvalue weighted by Crippen LogP contribution is -2.14. The Labute approximate surface area is 131 Å². The minimum absolute atomic E-state index is 0.282. The topological polar surface area (TPSA) is 72.2 Å². The van der Waals surface area contributed by atoms with Gasteiger partial charge in [-0.15, -0.1) is 0 Å². The summed E-state index contributed by atoms with van der Waals surface area (Å²) >= 11 is 1.93. The molecule has 0 spiro atoms. The second-order valence-electron chi connectivity index (χ2n) is 3.97. The number of anilines is 1. The van der Waals surface area contributed by atoms with Crippen molar-refractivity contribution in [2.75, 3.05) is 5.32 Å². The largest absolute Gasteiger partial charge is 0.319 e. The van der Waals surface area contributed by atoms with Gasteiger partial charge < -0.3 is 5.32 Å². The molecule has 1 N–H and O–H groups in total. The molecule has 2 aromatic carbocycles. The first-order valence-electron chi connectivity index (χ1n) is 5.59. The average molecular weight is 404 g/mol. The predicted molar refractivity (Wildman–Crippen MR) is 80.1 cm³/mol. The number of amides is 1. The summed E-state index contributed by atoms with van der Waals surface area (Å²) in [6.45, 7) is 0. The number of nitrogens with zero attached hydrogens (tertiary/aromatic N) is 1. The van der Waals surface area contributed by atoms with E-state index in [-0.39, 0.29) is 5.56 Å². The van der Waals surface area contributed by atoms with Crippen LogP contribution in [0.5, 0.6) is 0 Å². The van der Waals surface area contributed by atoms with Crippen LogP contribution in [0.15, 0.2) is 36.4 Å². The minimum Gasteiger partial charge on any atom is -0.319 e. The molecule has 108 valence electrons. The fourth-order valence-corrected chi connectivity index (χ4v) is 2.24. The van der Waals surface area contributed by atoms with Gasteiger partial charge in [-0.1, -0.05) is 12.1 Å². The molecule has 0 saturated heterocycles. The molecule has 0 radical (unpaired) electrons. The van der Waals surface area contributed by atoms with Crippen LogP contribution in [0, 0.1) is 25.3 Å². The Morgan fingerprint density at radius 1 is 1.19 bits per heavy atom. The number of nitrogens with one attached hydrogen (secondary N) is 1. The Morgan fingerprint density at radius 3 is 2.48 bits per heavy atom. The van der Waals surface area contributed by atoms with Gasteiger partial charge >= 0.3 is 5.69 Å². The zero-order chi connectivity index (χ0) is 15.6. The van der Waals surface area contributed by atoms with Crippen molar-refractivity contribution in [3.8, 4) is 0 Å². The highest BCUT2D eigenvalue weighted by Gasteiger charge is 2.20. The monoisotopic (exact) mass is 404 g/mol. The van der Waals surface area contributed by atoms with E-state index in [0.717, 1.165) is 0 Å². The summed E-state index contributed by atoms with van der Waals surface area (Å²) < 4.78 is 27.4. The van der Waals surface area contributed by atoms with Gasteiger partial charge in [0, 0.05) is 15.7 Å². The molecule has 1 amide bonds. The van der Waals surface area contributed by atoms with Gasteiger partial charge in [-0.3, -0.25) is 14.9 Å². The Kier molecular flexibility index (Phi) is 4.46. The molecule has 0 aromatic heterocycles. The number of nitro benzene ring substituents is 1. The lowest BCUT2D eigenvalue weighted by molar-refractivity contribution is -0.387. The van der Waals surface area contributed by atoms with Crippen LogP contribution in [0.4, 0.5) is 20.2 Å². The second-order valence-corrected chi connectivity index (χ2v) is 5.14. The fourth-order valence-electron chi connectivity index (χ4n) is 1.61. The van der Waals surface area contributed by atoms with Crippen LogP contribution in [0.25, 0.3) is 0 Å². The molecule has 0 saturated carbocycles. The van der Waals surface area contributed by atoms with E-state index >= 15 is 0 Å². The summed E-state index contributed by atoms with van der Waals surface area (Å²) in [4.78, 5) is 21.6. The van der Waals surface area contributed by atoms with E-state index < -0.39 is 33.8 Å². The number of carbonyl (C=O) groups excluding carboxylic acids is 1. The van der Waals surface area contributed by atoms with Crippen LogP contribution < -0.4 is 5.32 Å². The van der Waals surface area contributed by atoms with Gasteiger partial charge in [0.05, 0.1) is 16.2 Å². The SMILES string of the molecule is O=C(Nc1cc([N+](=O)[O-])c(F)cc1F)c1ccccc1I. The van der Waals surface area contributed by atoms with E-state index in [4.69, 9.17) is 0 Å². The first-order chi connectivity index (χ1) is 9.90. The Hall–Kier alpha value is -2.10. The maximum atomic E-state index is 13.6. The van der Waals surface area contributed by atoms with E-state index in [9.17, 15) is 23.7 Å². The molecule has 5 nitrogen and oxygen atoms in total. The normalized spacial score (nSPS) is 10.2. The van der Waals surface area contributed by atoms with Crippen molar-refractivity contribution in [2.45, 2.75) is 0 Å². The van der Waals surface area contributed by atoms with Crippen LogP contribution in [0.1, 0.15) is 10.4 Å². The molecule has 0 bridgehead atoms. The second kappa shape index (κ2) is 6.12. The summed E-state index contributed by atoms with van der Waals surface area (Å²) in [7, 11) is 0. The molecule has 21 heavy (non-hydrogen) atoms. The Bertz CT molecular complexity index is 737. The Balaban J connectivity index is 2.36. The number of hydrogen-bond acceptors (Lipinski definition) is 3. The highest BCUT2D eigenvalue weighted by atomic mass is 127. The van der Waals surface area contributed by atoms with E-state index in [2.05, 4.69) is 5.32 Å². The van der Waals surface area contributed by atoms with Gasteiger partial charge in [-0.05, 0) is 34.7 Å². The lowest BCUT2D eigenvalue weighted by atomic mass is 10.2. The van der Waals surface area contributed by atoms with Crippen molar-refractivity contribution in [1.82, 2.24) is 0 Å². The molecule has 0 unspecified atom stereocenters. The van der Waals surface area contributed by atoms with Gasteiger partial charge in [0.25, 0.3) is 5.91 Å². The Morgan fingerprint density at radius 2 is 1.86 bits per heavy atom. The van der Waals surface area contributed by atoms with E-state index in [0.29, 0.717) is 15.7 Å². The van der Waals surface area contributed by atoms with Gasteiger partial charge in [0.2, 0.25) is 5.82 Å². The third-order valence-corrected chi connectivity index (χ3v) is 3.54. The summed E-state index contributed by atoms with van der Waals surface area (Å²) in [5.74, 6) is -3.03. The molecule has 0 atom stereocenters. The molecule has 0 aliphatic carbocycles. The number of hydrogen-bond donors (Lipinski definition) is 1. The maximum absolute atomic E-state index is 13.6. The number of benzene rings is 2. The van der Waals surface area contributed by atoms with Crippen molar-refractivity contribution in [2.24, 2.45) is 0 Å². The van der Waals surface area contributed by atoms with E-state index in [1.54, 1.807) is 18.2 Å². The number of halogens is 3. The van der Waals surface area contributed by atoms with Gasteiger partial charge in [-0.2, -0.15) is 4.39 Å². The van der Waals surface area contributed by atoms with Crippen molar-refractivity contribution in [3.05, 3.63) is 67.3 Å². The van der Waals surface area contributed by atoms with Crippen molar-refractivity contribution >= 4 is 39.9 Å². The van der Waals surface area contributed by atoms with Crippen LogP contribution >= 0.6 is 22.6 Å². The highest BCUT2D eigenvalue weighted by Crippen LogP contribution is 2.25. The predicted octanol–water partition coefficient (Wildman–Crippen LogP) is 3.73. The molecule has 2 aromatic rings. The lowest BCUT2D eigenvalue weighted by Gasteiger charge is -2.08. The average Bonchev–Trinajstić information content (AvgIpc) is 2.41. The van der Waals surface area contributed by atoms with Crippen LogP contribution in [-0.2, 0) is 0 Å². The van der Waals surface area contributed by atoms with Crippen molar-refractivity contribution < 1.29 is 18.5 Å².